The molecule has 1 aromatic carbocycles. The molecule has 36 heavy (non-hydrogen) atoms. The first-order chi connectivity index (χ1) is 17.8. The molecule has 9 heteroatoms. The summed E-state index contributed by atoms with van der Waals surface area (Å²) in [5.41, 5.74) is 3.10. The van der Waals surface area contributed by atoms with Crippen LogP contribution in [0.15, 0.2) is 55.2 Å². The molecule has 2 N–H and O–H groups in total. The number of anilines is 3. The lowest BCUT2D eigenvalue weighted by Gasteiger charge is -2.32. The summed E-state index contributed by atoms with van der Waals surface area (Å²) in [5.74, 6) is 2.00. The predicted molar refractivity (Wildman–Crippen MR) is 141 cm³/mol. The van der Waals surface area contributed by atoms with Gasteiger partial charge in [-0.3, -0.25) is 4.90 Å². The lowest BCUT2D eigenvalue weighted by Crippen LogP contribution is -2.38. The molecule has 1 saturated heterocycles. The molecule has 1 saturated carbocycles. The van der Waals surface area contributed by atoms with Crippen LogP contribution in [-0.4, -0.2) is 53.5 Å². The SMILES string of the molecule is c1ccc(CN2CCC(Nc3nc(Nc4ccncn4)nc4c3ncn4C3CCCCC3)CC2)cc1. The minimum atomic E-state index is 0.349. The van der Waals surface area contributed by atoms with Crippen molar-refractivity contribution >= 4 is 28.7 Å². The first-order valence-electron chi connectivity index (χ1n) is 13.1. The maximum Gasteiger partial charge on any atom is 0.232 e. The van der Waals surface area contributed by atoms with E-state index in [-0.39, 0.29) is 0 Å². The number of hydrogen-bond donors (Lipinski definition) is 2. The van der Waals surface area contributed by atoms with Gasteiger partial charge in [-0.15, -0.1) is 0 Å². The summed E-state index contributed by atoms with van der Waals surface area (Å²) < 4.78 is 2.26. The normalized spacial score (nSPS) is 17.9. The molecule has 0 unspecified atom stereocenters. The molecule has 0 radical (unpaired) electrons. The van der Waals surface area contributed by atoms with Gasteiger partial charge < -0.3 is 15.2 Å². The van der Waals surface area contributed by atoms with Gasteiger partial charge in [-0.2, -0.15) is 9.97 Å². The van der Waals surface area contributed by atoms with E-state index < -0.39 is 0 Å². The lowest BCUT2D eigenvalue weighted by atomic mass is 9.95. The summed E-state index contributed by atoms with van der Waals surface area (Å²) >= 11 is 0. The number of benzene rings is 1. The summed E-state index contributed by atoms with van der Waals surface area (Å²) in [6, 6.07) is 13.3. The van der Waals surface area contributed by atoms with Crippen molar-refractivity contribution in [2.75, 3.05) is 23.7 Å². The van der Waals surface area contributed by atoms with E-state index in [9.17, 15) is 0 Å². The van der Waals surface area contributed by atoms with E-state index >= 15 is 0 Å². The Morgan fingerprint density at radius 1 is 0.889 bits per heavy atom. The van der Waals surface area contributed by atoms with E-state index in [2.05, 4.69) is 60.4 Å². The number of hydrogen-bond acceptors (Lipinski definition) is 8. The minimum absolute atomic E-state index is 0.349. The van der Waals surface area contributed by atoms with Crippen LogP contribution in [0.4, 0.5) is 17.6 Å². The second kappa shape index (κ2) is 10.6. The molecule has 0 atom stereocenters. The monoisotopic (exact) mass is 483 g/mol. The Labute approximate surface area is 211 Å². The number of nitrogens with one attached hydrogen (secondary N) is 2. The van der Waals surface area contributed by atoms with Crippen LogP contribution in [0.1, 0.15) is 56.6 Å². The van der Waals surface area contributed by atoms with E-state index in [0.717, 1.165) is 49.5 Å². The first-order valence-corrected chi connectivity index (χ1v) is 13.1. The van der Waals surface area contributed by atoms with Gasteiger partial charge in [-0.1, -0.05) is 49.6 Å². The Hall–Kier alpha value is -3.59. The van der Waals surface area contributed by atoms with Crippen LogP contribution in [0.3, 0.4) is 0 Å². The van der Waals surface area contributed by atoms with Gasteiger partial charge in [-0.25, -0.2) is 15.0 Å². The fourth-order valence-corrected chi connectivity index (χ4v) is 5.45. The summed E-state index contributed by atoms with van der Waals surface area (Å²) in [4.78, 5) is 25.4. The van der Waals surface area contributed by atoms with Gasteiger partial charge in [0, 0.05) is 37.9 Å². The summed E-state index contributed by atoms with van der Waals surface area (Å²) in [5, 5.41) is 6.99. The van der Waals surface area contributed by atoms with E-state index in [1.807, 2.05) is 12.4 Å². The van der Waals surface area contributed by atoms with Crippen LogP contribution in [-0.2, 0) is 6.54 Å². The van der Waals surface area contributed by atoms with Crippen molar-refractivity contribution in [3.05, 3.63) is 60.8 Å². The molecule has 1 aliphatic heterocycles. The van der Waals surface area contributed by atoms with Crippen molar-refractivity contribution in [3.63, 3.8) is 0 Å². The van der Waals surface area contributed by atoms with Crippen LogP contribution < -0.4 is 10.6 Å². The number of aromatic nitrogens is 6. The van der Waals surface area contributed by atoms with Crippen molar-refractivity contribution in [2.24, 2.45) is 0 Å². The number of nitrogens with zero attached hydrogens (tertiary/aromatic N) is 7. The van der Waals surface area contributed by atoms with Crippen molar-refractivity contribution in [1.29, 1.82) is 0 Å². The molecule has 4 heterocycles. The van der Waals surface area contributed by atoms with Gasteiger partial charge in [0.05, 0.1) is 6.33 Å². The molecule has 0 spiro atoms. The van der Waals surface area contributed by atoms with E-state index in [4.69, 9.17) is 15.0 Å². The molecular weight excluding hydrogens is 450 g/mol. The average Bonchev–Trinajstić information content (AvgIpc) is 3.36. The third-order valence-corrected chi connectivity index (χ3v) is 7.39. The Bertz CT molecular complexity index is 1260. The minimum Gasteiger partial charge on any atom is -0.365 e. The number of likely N-dealkylation sites (tertiary alicyclic amines) is 1. The maximum atomic E-state index is 4.89. The van der Waals surface area contributed by atoms with Gasteiger partial charge in [0.25, 0.3) is 0 Å². The quantitative estimate of drug-likeness (QED) is 0.381. The second-order valence-corrected chi connectivity index (χ2v) is 9.91. The van der Waals surface area contributed by atoms with Crippen LogP contribution in [0.25, 0.3) is 11.2 Å². The molecule has 186 valence electrons. The molecule has 2 aliphatic rings. The Balaban J connectivity index is 1.22. The Kier molecular flexibility index (Phi) is 6.71. The highest BCUT2D eigenvalue weighted by Gasteiger charge is 2.24. The zero-order chi connectivity index (χ0) is 24.2. The zero-order valence-corrected chi connectivity index (χ0v) is 20.6. The fourth-order valence-electron chi connectivity index (χ4n) is 5.45. The third-order valence-electron chi connectivity index (χ3n) is 7.39. The van der Waals surface area contributed by atoms with Gasteiger partial charge in [-0.05, 0) is 37.3 Å². The first kappa shape index (κ1) is 22.8. The molecule has 6 rings (SSSR count). The number of piperidine rings is 1. The van der Waals surface area contributed by atoms with Gasteiger partial charge in [0.2, 0.25) is 5.95 Å². The predicted octanol–water partition coefficient (Wildman–Crippen LogP) is 4.94. The molecule has 4 aromatic rings. The summed E-state index contributed by atoms with van der Waals surface area (Å²) in [7, 11) is 0. The summed E-state index contributed by atoms with van der Waals surface area (Å²) in [6.45, 7) is 3.12. The number of fused-ring (bicyclic) bond motifs is 1. The Morgan fingerprint density at radius 2 is 1.72 bits per heavy atom. The van der Waals surface area contributed by atoms with E-state index in [1.165, 1.54) is 44.0 Å². The molecular formula is C27H33N9. The zero-order valence-electron chi connectivity index (χ0n) is 20.6. The highest BCUT2D eigenvalue weighted by molar-refractivity contribution is 5.85. The molecule has 2 fully saturated rings. The molecule has 0 amide bonds. The smallest absolute Gasteiger partial charge is 0.232 e. The van der Waals surface area contributed by atoms with Crippen molar-refractivity contribution in [2.45, 2.75) is 63.6 Å². The van der Waals surface area contributed by atoms with Crippen molar-refractivity contribution in [1.82, 2.24) is 34.4 Å². The molecule has 3 aromatic heterocycles. The number of imidazole rings is 1. The lowest BCUT2D eigenvalue weighted by molar-refractivity contribution is 0.211. The van der Waals surface area contributed by atoms with Crippen LogP contribution >= 0.6 is 0 Å². The average molecular weight is 484 g/mol. The van der Waals surface area contributed by atoms with Gasteiger partial charge in [0.1, 0.15) is 12.1 Å². The second-order valence-electron chi connectivity index (χ2n) is 9.91. The van der Waals surface area contributed by atoms with Crippen LogP contribution in [0.5, 0.6) is 0 Å². The van der Waals surface area contributed by atoms with Crippen LogP contribution in [0, 0.1) is 0 Å². The molecule has 9 nitrogen and oxygen atoms in total. The molecule has 0 bridgehead atoms. The maximum absolute atomic E-state index is 4.89. The number of rotatable bonds is 7. The van der Waals surface area contributed by atoms with Crippen molar-refractivity contribution in [3.8, 4) is 0 Å². The molecule has 1 aliphatic carbocycles. The summed E-state index contributed by atoms with van der Waals surface area (Å²) in [6.07, 6.45) is 13.5. The van der Waals surface area contributed by atoms with E-state index in [1.54, 1.807) is 6.20 Å². The van der Waals surface area contributed by atoms with Gasteiger partial charge >= 0.3 is 0 Å². The topological polar surface area (TPSA) is 96.7 Å². The van der Waals surface area contributed by atoms with E-state index in [0.29, 0.717) is 23.8 Å². The van der Waals surface area contributed by atoms with Crippen LogP contribution in [0.2, 0.25) is 0 Å². The largest absolute Gasteiger partial charge is 0.365 e. The van der Waals surface area contributed by atoms with Gasteiger partial charge in [0.15, 0.2) is 17.0 Å². The third kappa shape index (κ3) is 5.16. The highest BCUT2D eigenvalue weighted by Crippen LogP contribution is 2.32. The highest BCUT2D eigenvalue weighted by atomic mass is 15.2. The fraction of sp³-hybridized carbons (Fsp3) is 0.444. The standard InChI is InChI=1S/C27H33N9/c1-3-7-20(8-4-1)17-35-15-12-21(13-16-35)31-25-24-26(36(19-30-24)22-9-5-2-6-10-22)34-27(33-25)32-23-11-14-28-18-29-23/h1,3-4,7-8,11,14,18-19,21-22H,2,5-6,9-10,12-13,15-17H2,(H2,28,29,31,32,33,34). The van der Waals surface area contributed by atoms with Crippen molar-refractivity contribution < 1.29 is 0 Å². The Morgan fingerprint density at radius 3 is 2.50 bits per heavy atom.